The van der Waals surface area contributed by atoms with Crippen LogP contribution in [0.2, 0.25) is 0 Å². The first-order valence-corrected chi connectivity index (χ1v) is 7.58. The van der Waals surface area contributed by atoms with Crippen LogP contribution in [0.3, 0.4) is 0 Å². The van der Waals surface area contributed by atoms with Gasteiger partial charge in [-0.3, -0.25) is 4.90 Å². The van der Waals surface area contributed by atoms with Crippen LogP contribution in [0.5, 0.6) is 0 Å². The van der Waals surface area contributed by atoms with Crippen molar-refractivity contribution in [2.24, 2.45) is 0 Å². The highest BCUT2D eigenvalue weighted by Gasteiger charge is 2.44. The summed E-state index contributed by atoms with van der Waals surface area (Å²) < 4.78 is 18.7. The molecular weight excluding hydrogens is 301 g/mol. The number of halogens is 1. The molecule has 0 radical (unpaired) electrons. The molecule has 1 aromatic rings. The van der Waals surface area contributed by atoms with E-state index in [0.717, 1.165) is 5.56 Å². The Morgan fingerprint density at radius 2 is 2.00 bits per heavy atom. The third-order valence-corrected chi connectivity index (χ3v) is 3.89. The highest BCUT2D eigenvalue weighted by atomic mass is 19.1. The van der Waals surface area contributed by atoms with Crippen molar-refractivity contribution < 1.29 is 23.8 Å². The van der Waals surface area contributed by atoms with Gasteiger partial charge in [-0.2, -0.15) is 0 Å². The number of ether oxygens (including phenoxy) is 1. The molecule has 2 atom stereocenters. The van der Waals surface area contributed by atoms with E-state index in [1.165, 1.54) is 11.0 Å². The summed E-state index contributed by atoms with van der Waals surface area (Å²) in [7, 11) is 0. The minimum atomic E-state index is -1.08. The molecule has 0 saturated carbocycles. The summed E-state index contributed by atoms with van der Waals surface area (Å²) in [6.07, 6.45) is -0.132. The molecule has 0 unspecified atom stereocenters. The molecular formula is C17H22FNO4. The molecule has 23 heavy (non-hydrogen) atoms. The van der Waals surface area contributed by atoms with Crippen LogP contribution in [0.25, 0.3) is 0 Å². The number of aryl methyl sites for hydroxylation is 1. The van der Waals surface area contributed by atoms with Gasteiger partial charge < -0.3 is 9.84 Å². The van der Waals surface area contributed by atoms with Crippen LogP contribution >= 0.6 is 0 Å². The number of carbonyl (C=O) groups excluding carboxylic acids is 1. The van der Waals surface area contributed by atoms with Gasteiger partial charge in [0, 0.05) is 12.5 Å². The number of rotatable bonds is 2. The molecule has 0 bridgehead atoms. The number of hydrogen-bond donors (Lipinski definition) is 1. The van der Waals surface area contributed by atoms with E-state index in [4.69, 9.17) is 4.74 Å². The van der Waals surface area contributed by atoms with E-state index < -0.39 is 23.7 Å². The van der Waals surface area contributed by atoms with Gasteiger partial charge in [0.2, 0.25) is 0 Å². The van der Waals surface area contributed by atoms with Gasteiger partial charge in [-0.05, 0) is 51.3 Å². The van der Waals surface area contributed by atoms with E-state index >= 15 is 0 Å². The minimum Gasteiger partial charge on any atom is -0.480 e. The zero-order valence-corrected chi connectivity index (χ0v) is 13.8. The van der Waals surface area contributed by atoms with Crippen LogP contribution in [-0.2, 0) is 9.53 Å². The van der Waals surface area contributed by atoms with Crippen molar-refractivity contribution in [3.63, 3.8) is 0 Å². The van der Waals surface area contributed by atoms with Crippen molar-refractivity contribution in [3.8, 4) is 0 Å². The molecule has 1 fully saturated rings. The molecule has 1 amide bonds. The lowest BCUT2D eigenvalue weighted by molar-refractivity contribution is -0.142. The van der Waals surface area contributed by atoms with E-state index in [2.05, 4.69) is 0 Å². The lowest BCUT2D eigenvalue weighted by atomic mass is 9.90. The van der Waals surface area contributed by atoms with Crippen molar-refractivity contribution in [1.82, 2.24) is 4.90 Å². The third-order valence-electron chi connectivity index (χ3n) is 3.89. The van der Waals surface area contributed by atoms with Gasteiger partial charge in [0.15, 0.2) is 0 Å². The number of benzene rings is 1. The SMILES string of the molecule is Cc1cc([C@@H]2CCN(C(=O)OC(C)(C)C)[C@@H]2C(=O)O)ccc1F. The van der Waals surface area contributed by atoms with Gasteiger partial charge in [-0.1, -0.05) is 12.1 Å². The molecule has 1 aromatic carbocycles. The fraction of sp³-hybridized carbons (Fsp3) is 0.529. The van der Waals surface area contributed by atoms with Crippen molar-refractivity contribution in [2.45, 2.75) is 51.7 Å². The van der Waals surface area contributed by atoms with Gasteiger partial charge in [0.1, 0.15) is 17.5 Å². The number of hydrogen-bond acceptors (Lipinski definition) is 3. The average molecular weight is 323 g/mol. The predicted molar refractivity (Wildman–Crippen MR) is 82.9 cm³/mol. The fourth-order valence-corrected chi connectivity index (χ4v) is 2.87. The average Bonchev–Trinajstić information content (AvgIpc) is 2.85. The second kappa shape index (κ2) is 6.18. The Hall–Kier alpha value is -2.11. The Morgan fingerprint density at radius 3 is 2.52 bits per heavy atom. The van der Waals surface area contributed by atoms with Crippen molar-refractivity contribution in [2.75, 3.05) is 6.54 Å². The molecule has 2 rings (SSSR count). The van der Waals surface area contributed by atoms with Crippen molar-refractivity contribution >= 4 is 12.1 Å². The first-order chi connectivity index (χ1) is 10.6. The van der Waals surface area contributed by atoms with Crippen LogP contribution in [0.1, 0.15) is 44.2 Å². The topological polar surface area (TPSA) is 66.8 Å². The lowest BCUT2D eigenvalue weighted by Gasteiger charge is -2.28. The molecule has 5 nitrogen and oxygen atoms in total. The summed E-state index contributed by atoms with van der Waals surface area (Å²) in [5, 5.41) is 9.56. The molecule has 1 aliphatic heterocycles. The maximum absolute atomic E-state index is 13.4. The Labute approximate surface area is 135 Å². The predicted octanol–water partition coefficient (Wildman–Crippen LogP) is 3.31. The van der Waals surface area contributed by atoms with Crippen LogP contribution < -0.4 is 0 Å². The summed E-state index contributed by atoms with van der Waals surface area (Å²) in [5.41, 5.74) is 0.495. The first-order valence-electron chi connectivity index (χ1n) is 7.58. The number of carbonyl (C=O) groups is 2. The molecule has 1 saturated heterocycles. The van der Waals surface area contributed by atoms with Gasteiger partial charge >= 0.3 is 12.1 Å². The number of carboxylic acid groups (broad SMARTS) is 1. The van der Waals surface area contributed by atoms with Crippen molar-refractivity contribution in [1.29, 1.82) is 0 Å². The number of nitrogens with zero attached hydrogens (tertiary/aromatic N) is 1. The molecule has 6 heteroatoms. The maximum atomic E-state index is 13.4. The summed E-state index contributed by atoms with van der Waals surface area (Å²) in [5.74, 6) is -1.79. The van der Waals surface area contributed by atoms with Crippen LogP contribution in [-0.4, -0.2) is 40.3 Å². The van der Waals surface area contributed by atoms with Gasteiger partial charge in [0.25, 0.3) is 0 Å². The fourth-order valence-electron chi connectivity index (χ4n) is 2.87. The van der Waals surface area contributed by atoms with Crippen LogP contribution in [0.15, 0.2) is 18.2 Å². The molecule has 1 N–H and O–H groups in total. The van der Waals surface area contributed by atoms with E-state index in [9.17, 15) is 19.1 Å². The normalized spacial score (nSPS) is 21.3. The second-order valence-electron chi connectivity index (χ2n) is 6.86. The third kappa shape index (κ3) is 3.81. The Morgan fingerprint density at radius 1 is 1.35 bits per heavy atom. The molecule has 0 spiro atoms. The van der Waals surface area contributed by atoms with Crippen LogP contribution in [0, 0.1) is 12.7 Å². The van der Waals surface area contributed by atoms with Gasteiger partial charge in [-0.15, -0.1) is 0 Å². The quantitative estimate of drug-likeness (QED) is 0.907. The molecule has 0 aromatic heterocycles. The zero-order valence-electron chi connectivity index (χ0n) is 13.8. The standard InChI is InChI=1S/C17H22FNO4/c1-10-9-11(5-6-13(10)18)12-7-8-19(14(12)15(20)21)16(22)23-17(2,3)4/h5-6,9,12,14H,7-8H2,1-4H3,(H,20,21)/t12-,14-/m0/s1. The smallest absolute Gasteiger partial charge is 0.411 e. The summed E-state index contributed by atoms with van der Waals surface area (Å²) in [6, 6.07) is 3.56. The summed E-state index contributed by atoms with van der Waals surface area (Å²) in [4.78, 5) is 25.2. The monoisotopic (exact) mass is 323 g/mol. The number of likely N-dealkylation sites (tertiary alicyclic amines) is 1. The Balaban J connectivity index is 2.27. The van der Waals surface area contributed by atoms with Crippen LogP contribution in [0.4, 0.5) is 9.18 Å². The summed E-state index contributed by atoms with van der Waals surface area (Å²) >= 11 is 0. The first kappa shape index (κ1) is 17.2. The Bertz CT molecular complexity index is 624. The van der Waals surface area contributed by atoms with E-state index in [1.807, 2.05) is 0 Å². The van der Waals surface area contributed by atoms with E-state index in [0.29, 0.717) is 18.5 Å². The Kier molecular flexibility index (Phi) is 4.63. The minimum absolute atomic E-state index is 0.299. The highest BCUT2D eigenvalue weighted by Crippen LogP contribution is 2.35. The lowest BCUT2D eigenvalue weighted by Crippen LogP contribution is -2.45. The van der Waals surface area contributed by atoms with E-state index in [-0.39, 0.29) is 11.7 Å². The van der Waals surface area contributed by atoms with E-state index in [1.54, 1.807) is 39.8 Å². The molecule has 1 aliphatic rings. The molecule has 1 heterocycles. The van der Waals surface area contributed by atoms with Crippen molar-refractivity contribution in [3.05, 3.63) is 35.1 Å². The second-order valence-corrected chi connectivity index (χ2v) is 6.86. The highest BCUT2D eigenvalue weighted by molar-refractivity contribution is 5.82. The van der Waals surface area contributed by atoms with Gasteiger partial charge in [0.05, 0.1) is 0 Å². The number of carboxylic acids is 1. The maximum Gasteiger partial charge on any atom is 0.411 e. The molecule has 126 valence electrons. The largest absolute Gasteiger partial charge is 0.480 e. The molecule has 0 aliphatic carbocycles. The van der Waals surface area contributed by atoms with Gasteiger partial charge in [-0.25, -0.2) is 14.0 Å². The summed E-state index contributed by atoms with van der Waals surface area (Å²) in [6.45, 7) is 7.13. The zero-order chi connectivity index (χ0) is 17.4. The number of aliphatic carboxylic acids is 1. The number of amides is 1.